The van der Waals surface area contributed by atoms with Gasteiger partial charge in [0, 0.05) is 5.69 Å². The molecule has 4 nitrogen and oxygen atoms in total. The number of para-hydroxylation sites is 2. The van der Waals surface area contributed by atoms with Gasteiger partial charge in [0.1, 0.15) is 10.7 Å². The summed E-state index contributed by atoms with van der Waals surface area (Å²) in [6.45, 7) is 3.87. The van der Waals surface area contributed by atoms with Crippen LogP contribution in [0.3, 0.4) is 0 Å². The first-order valence-electron chi connectivity index (χ1n) is 7.73. The second kappa shape index (κ2) is 6.49. The van der Waals surface area contributed by atoms with Crippen LogP contribution in [0.4, 0.5) is 11.4 Å². The maximum Gasteiger partial charge on any atom is 0.283 e. The molecule has 0 radical (unpaired) electrons. The molecule has 1 N–H and O–H groups in total. The molecule has 24 heavy (non-hydrogen) atoms. The molecule has 0 aromatic heterocycles. The highest BCUT2D eigenvalue weighted by molar-refractivity contribution is 6.53. The largest absolute Gasteiger partial charge is 0.349 e. The number of carbonyl (C=O) groups excluding carboxylic acids is 2. The smallest absolute Gasteiger partial charge is 0.283 e. The van der Waals surface area contributed by atoms with Gasteiger partial charge in [-0.05, 0) is 36.6 Å². The summed E-state index contributed by atoms with van der Waals surface area (Å²) in [5.41, 5.74) is 3.32. The number of imide groups is 1. The molecule has 0 saturated carbocycles. The highest BCUT2D eigenvalue weighted by atomic mass is 35.5. The molecular weight excluding hydrogens is 324 g/mol. The predicted molar refractivity (Wildman–Crippen MR) is 96.0 cm³/mol. The number of nitrogens with one attached hydrogen (secondary N) is 1. The zero-order valence-electron chi connectivity index (χ0n) is 13.5. The summed E-state index contributed by atoms with van der Waals surface area (Å²) in [4.78, 5) is 26.4. The Bertz CT molecular complexity index is 858. The van der Waals surface area contributed by atoms with E-state index in [1.54, 1.807) is 12.1 Å². The maximum atomic E-state index is 12.8. The standard InChI is InChI=1S/C19H17ClN2O2/c1-3-13-9-5-6-10-14(13)21-17-16(20)18(23)22(19(17)24)15-11-7-4-8-12(15)2/h4-11,21H,3H2,1-2H3. The summed E-state index contributed by atoms with van der Waals surface area (Å²) in [7, 11) is 0. The number of aryl methyl sites for hydroxylation is 2. The van der Waals surface area contributed by atoms with Gasteiger partial charge in [-0.2, -0.15) is 0 Å². The van der Waals surface area contributed by atoms with Crippen LogP contribution in [-0.4, -0.2) is 11.8 Å². The van der Waals surface area contributed by atoms with E-state index in [1.165, 1.54) is 0 Å². The average molecular weight is 341 g/mol. The van der Waals surface area contributed by atoms with Crippen molar-refractivity contribution in [3.8, 4) is 0 Å². The topological polar surface area (TPSA) is 49.4 Å². The second-order valence-electron chi connectivity index (χ2n) is 5.56. The Hall–Kier alpha value is -2.59. The number of rotatable bonds is 4. The van der Waals surface area contributed by atoms with Crippen LogP contribution in [0.15, 0.2) is 59.3 Å². The third-order valence-corrected chi connectivity index (χ3v) is 4.39. The van der Waals surface area contributed by atoms with Crippen molar-refractivity contribution in [3.05, 3.63) is 70.4 Å². The molecule has 0 aliphatic carbocycles. The number of anilines is 2. The molecule has 0 spiro atoms. The summed E-state index contributed by atoms with van der Waals surface area (Å²) in [5.74, 6) is -0.947. The van der Waals surface area contributed by atoms with Crippen molar-refractivity contribution < 1.29 is 9.59 Å². The molecule has 2 aromatic carbocycles. The Labute approximate surface area is 145 Å². The van der Waals surface area contributed by atoms with Crippen LogP contribution in [0.2, 0.25) is 0 Å². The fourth-order valence-corrected chi connectivity index (χ4v) is 2.94. The van der Waals surface area contributed by atoms with Gasteiger partial charge >= 0.3 is 0 Å². The lowest BCUT2D eigenvalue weighted by Crippen LogP contribution is -2.32. The highest BCUT2D eigenvalue weighted by Crippen LogP contribution is 2.32. The highest BCUT2D eigenvalue weighted by Gasteiger charge is 2.39. The van der Waals surface area contributed by atoms with E-state index in [0.717, 1.165) is 28.1 Å². The van der Waals surface area contributed by atoms with Gasteiger partial charge in [-0.15, -0.1) is 0 Å². The molecule has 122 valence electrons. The third kappa shape index (κ3) is 2.69. The SMILES string of the molecule is CCc1ccccc1NC1=C(Cl)C(=O)N(c2ccccc2C)C1=O. The van der Waals surface area contributed by atoms with Crippen molar-refractivity contribution in [2.24, 2.45) is 0 Å². The Morgan fingerprint density at radius 2 is 1.67 bits per heavy atom. The van der Waals surface area contributed by atoms with E-state index >= 15 is 0 Å². The van der Waals surface area contributed by atoms with Gasteiger partial charge in [-0.1, -0.05) is 54.9 Å². The molecule has 5 heteroatoms. The Morgan fingerprint density at radius 3 is 2.38 bits per heavy atom. The summed E-state index contributed by atoms with van der Waals surface area (Å²) in [6, 6.07) is 14.9. The van der Waals surface area contributed by atoms with Gasteiger partial charge < -0.3 is 5.32 Å². The number of amides is 2. The minimum absolute atomic E-state index is 0.0887. The molecule has 0 bridgehead atoms. The van der Waals surface area contributed by atoms with Gasteiger partial charge in [0.25, 0.3) is 11.8 Å². The third-order valence-electron chi connectivity index (χ3n) is 4.04. The molecule has 0 fully saturated rings. The predicted octanol–water partition coefficient (Wildman–Crippen LogP) is 3.99. The molecule has 0 unspecified atom stereocenters. The van der Waals surface area contributed by atoms with Crippen molar-refractivity contribution in [2.45, 2.75) is 20.3 Å². The van der Waals surface area contributed by atoms with E-state index in [0.29, 0.717) is 5.69 Å². The fourth-order valence-electron chi connectivity index (χ4n) is 2.73. The lowest BCUT2D eigenvalue weighted by atomic mass is 10.1. The molecule has 0 saturated heterocycles. The first-order chi connectivity index (χ1) is 11.5. The fraction of sp³-hybridized carbons (Fsp3) is 0.158. The maximum absolute atomic E-state index is 12.8. The Morgan fingerprint density at radius 1 is 1.00 bits per heavy atom. The van der Waals surface area contributed by atoms with Crippen molar-refractivity contribution in [2.75, 3.05) is 10.2 Å². The lowest BCUT2D eigenvalue weighted by molar-refractivity contribution is -0.120. The van der Waals surface area contributed by atoms with Crippen LogP contribution in [0, 0.1) is 6.92 Å². The van der Waals surface area contributed by atoms with Crippen LogP contribution < -0.4 is 10.2 Å². The minimum atomic E-state index is -0.507. The molecule has 2 amide bonds. The summed E-state index contributed by atoms with van der Waals surface area (Å²) < 4.78 is 0. The summed E-state index contributed by atoms with van der Waals surface area (Å²) in [5, 5.41) is 2.96. The number of hydrogen-bond acceptors (Lipinski definition) is 3. The van der Waals surface area contributed by atoms with Gasteiger partial charge in [0.2, 0.25) is 0 Å². The molecule has 1 aliphatic rings. The first kappa shape index (κ1) is 16.3. The monoisotopic (exact) mass is 340 g/mol. The molecule has 1 aliphatic heterocycles. The van der Waals surface area contributed by atoms with E-state index in [4.69, 9.17) is 11.6 Å². The Kier molecular flexibility index (Phi) is 4.40. The van der Waals surface area contributed by atoms with Crippen LogP contribution in [-0.2, 0) is 16.0 Å². The second-order valence-corrected chi connectivity index (χ2v) is 5.93. The van der Waals surface area contributed by atoms with E-state index < -0.39 is 11.8 Å². The van der Waals surface area contributed by atoms with Crippen molar-refractivity contribution in [3.63, 3.8) is 0 Å². The van der Waals surface area contributed by atoms with E-state index in [9.17, 15) is 9.59 Å². The van der Waals surface area contributed by atoms with Crippen LogP contribution in [0.1, 0.15) is 18.1 Å². The lowest BCUT2D eigenvalue weighted by Gasteiger charge is -2.17. The molecule has 1 heterocycles. The van der Waals surface area contributed by atoms with Gasteiger partial charge in [0.05, 0.1) is 5.69 Å². The summed E-state index contributed by atoms with van der Waals surface area (Å²) >= 11 is 6.17. The van der Waals surface area contributed by atoms with Crippen LogP contribution in [0.5, 0.6) is 0 Å². The van der Waals surface area contributed by atoms with Gasteiger partial charge in [-0.25, -0.2) is 4.90 Å². The normalized spacial score (nSPS) is 14.5. The average Bonchev–Trinajstić information content (AvgIpc) is 2.80. The number of carbonyl (C=O) groups is 2. The number of hydrogen-bond donors (Lipinski definition) is 1. The molecule has 0 atom stereocenters. The molecule has 2 aromatic rings. The number of benzene rings is 2. The first-order valence-corrected chi connectivity index (χ1v) is 8.11. The summed E-state index contributed by atoms with van der Waals surface area (Å²) in [6.07, 6.45) is 0.803. The van der Waals surface area contributed by atoms with Crippen LogP contribution in [0.25, 0.3) is 0 Å². The van der Waals surface area contributed by atoms with E-state index in [1.807, 2.05) is 50.2 Å². The quantitative estimate of drug-likeness (QED) is 0.856. The van der Waals surface area contributed by atoms with Crippen molar-refractivity contribution in [1.82, 2.24) is 0 Å². The van der Waals surface area contributed by atoms with E-state index in [2.05, 4.69) is 5.32 Å². The van der Waals surface area contributed by atoms with Crippen molar-refractivity contribution >= 4 is 34.8 Å². The zero-order valence-corrected chi connectivity index (χ0v) is 14.2. The van der Waals surface area contributed by atoms with E-state index in [-0.39, 0.29) is 10.7 Å². The zero-order chi connectivity index (χ0) is 17.3. The van der Waals surface area contributed by atoms with Gasteiger partial charge in [0.15, 0.2) is 0 Å². The molecular formula is C19H17ClN2O2. The number of halogens is 1. The van der Waals surface area contributed by atoms with Crippen molar-refractivity contribution in [1.29, 1.82) is 0 Å². The number of nitrogens with zero attached hydrogens (tertiary/aromatic N) is 1. The van der Waals surface area contributed by atoms with Gasteiger partial charge in [-0.3, -0.25) is 9.59 Å². The Balaban J connectivity index is 1.97. The minimum Gasteiger partial charge on any atom is -0.349 e. The molecule has 3 rings (SSSR count). The van der Waals surface area contributed by atoms with Crippen LogP contribution >= 0.6 is 11.6 Å².